The molecule has 0 radical (unpaired) electrons. The molecule has 4 nitrogen and oxygen atoms in total. The largest absolute Gasteiger partial charge is 0.481 e. The summed E-state index contributed by atoms with van der Waals surface area (Å²) in [7, 11) is 0. The first-order valence-corrected chi connectivity index (χ1v) is 7.76. The molecular weight excluding hydrogens is 266 g/mol. The molecule has 0 amide bonds. The summed E-state index contributed by atoms with van der Waals surface area (Å²) in [5.74, 6) is -1.05. The van der Waals surface area contributed by atoms with Gasteiger partial charge in [0.05, 0.1) is 19.1 Å². The zero-order valence-electron chi connectivity index (χ0n) is 12.8. The Kier molecular flexibility index (Phi) is 6.21. The highest BCUT2D eigenvalue weighted by atomic mass is 16.5. The van der Waals surface area contributed by atoms with Crippen molar-refractivity contribution >= 4 is 5.97 Å². The van der Waals surface area contributed by atoms with Crippen molar-refractivity contribution < 1.29 is 14.6 Å². The minimum atomic E-state index is -0.732. The fourth-order valence-corrected chi connectivity index (χ4v) is 2.61. The van der Waals surface area contributed by atoms with Crippen molar-refractivity contribution in [3.8, 4) is 0 Å². The smallest absolute Gasteiger partial charge is 0.306 e. The van der Waals surface area contributed by atoms with Crippen LogP contribution >= 0.6 is 0 Å². The fraction of sp³-hybridized carbons (Fsp3) is 0.588. The van der Waals surface area contributed by atoms with Crippen LogP contribution in [-0.2, 0) is 22.4 Å². The van der Waals surface area contributed by atoms with Crippen molar-refractivity contribution in [1.82, 2.24) is 4.90 Å². The molecule has 1 aromatic rings. The number of benzene rings is 1. The molecule has 0 unspecified atom stereocenters. The van der Waals surface area contributed by atoms with E-state index < -0.39 is 5.97 Å². The van der Waals surface area contributed by atoms with Crippen LogP contribution in [0.2, 0.25) is 0 Å². The highest BCUT2D eigenvalue weighted by Crippen LogP contribution is 2.12. The van der Waals surface area contributed by atoms with Gasteiger partial charge in [-0.3, -0.25) is 9.69 Å². The molecule has 0 aromatic heterocycles. The molecule has 2 rings (SSSR count). The van der Waals surface area contributed by atoms with E-state index in [2.05, 4.69) is 29.2 Å². The first-order valence-electron chi connectivity index (χ1n) is 7.76. The Bertz CT molecular complexity index is 438. The van der Waals surface area contributed by atoms with Gasteiger partial charge in [0.25, 0.3) is 0 Å². The summed E-state index contributed by atoms with van der Waals surface area (Å²) < 4.78 is 5.34. The molecule has 21 heavy (non-hydrogen) atoms. The van der Waals surface area contributed by atoms with E-state index in [0.29, 0.717) is 6.42 Å². The second-order valence-corrected chi connectivity index (χ2v) is 5.82. The summed E-state index contributed by atoms with van der Waals surface area (Å²) in [6, 6.07) is 8.37. The maximum atomic E-state index is 10.8. The fourth-order valence-electron chi connectivity index (χ4n) is 2.61. The van der Waals surface area contributed by atoms with Crippen molar-refractivity contribution in [2.45, 2.75) is 26.2 Å². The Morgan fingerprint density at radius 1 is 1.24 bits per heavy atom. The topological polar surface area (TPSA) is 49.8 Å². The van der Waals surface area contributed by atoms with Crippen LogP contribution in [0.1, 0.15) is 24.5 Å². The van der Waals surface area contributed by atoms with E-state index in [1.54, 1.807) is 6.92 Å². The third kappa shape index (κ3) is 5.48. The van der Waals surface area contributed by atoms with Gasteiger partial charge in [-0.05, 0) is 36.9 Å². The van der Waals surface area contributed by atoms with Gasteiger partial charge in [0.15, 0.2) is 0 Å². The van der Waals surface area contributed by atoms with Crippen molar-refractivity contribution in [2.75, 3.05) is 32.8 Å². The molecule has 0 spiro atoms. The Hall–Kier alpha value is -1.39. The summed E-state index contributed by atoms with van der Waals surface area (Å²) in [4.78, 5) is 13.3. The van der Waals surface area contributed by atoms with Gasteiger partial charge in [0.1, 0.15) is 0 Å². The van der Waals surface area contributed by atoms with E-state index in [1.807, 2.05) is 0 Å². The number of nitrogens with zero attached hydrogens (tertiary/aromatic N) is 1. The zero-order chi connectivity index (χ0) is 15.1. The molecule has 1 aliphatic rings. The number of hydrogen-bond donors (Lipinski definition) is 1. The summed E-state index contributed by atoms with van der Waals surface area (Å²) >= 11 is 0. The van der Waals surface area contributed by atoms with Gasteiger partial charge in [-0.2, -0.15) is 0 Å². The molecule has 1 aromatic carbocycles. The third-order valence-corrected chi connectivity index (χ3v) is 4.03. The lowest BCUT2D eigenvalue weighted by molar-refractivity contribution is -0.141. The van der Waals surface area contributed by atoms with E-state index >= 15 is 0 Å². The number of morpholine rings is 1. The molecule has 1 N–H and O–H groups in total. The Morgan fingerprint density at radius 3 is 2.48 bits per heavy atom. The van der Waals surface area contributed by atoms with Gasteiger partial charge < -0.3 is 9.84 Å². The number of ether oxygens (including phenoxy) is 1. The second-order valence-electron chi connectivity index (χ2n) is 5.82. The summed E-state index contributed by atoms with van der Waals surface area (Å²) in [6.07, 6.45) is 2.83. The molecular formula is C17H25NO3. The highest BCUT2D eigenvalue weighted by Gasteiger charge is 2.12. The predicted molar refractivity (Wildman–Crippen MR) is 82.5 cm³/mol. The average molecular weight is 291 g/mol. The lowest BCUT2D eigenvalue weighted by Gasteiger charge is -2.26. The monoisotopic (exact) mass is 291 g/mol. The van der Waals surface area contributed by atoms with Crippen LogP contribution < -0.4 is 0 Å². The molecule has 116 valence electrons. The van der Waals surface area contributed by atoms with E-state index in [9.17, 15) is 4.79 Å². The Labute approximate surface area is 126 Å². The molecule has 1 fully saturated rings. The molecule has 1 aliphatic heterocycles. The summed E-state index contributed by atoms with van der Waals surface area (Å²) in [5, 5.41) is 8.92. The van der Waals surface area contributed by atoms with Gasteiger partial charge in [0, 0.05) is 13.1 Å². The number of hydrogen-bond acceptors (Lipinski definition) is 3. The van der Waals surface area contributed by atoms with Crippen LogP contribution in [0.5, 0.6) is 0 Å². The SMILES string of the molecule is C[C@H](Cc1ccc(CCCN2CCOCC2)cc1)C(=O)O. The lowest BCUT2D eigenvalue weighted by atomic mass is 9.99. The van der Waals surface area contributed by atoms with Crippen LogP contribution in [0.15, 0.2) is 24.3 Å². The predicted octanol–water partition coefficient (Wildman–Crippen LogP) is 2.21. The molecule has 0 bridgehead atoms. The van der Waals surface area contributed by atoms with Crippen molar-refractivity contribution in [3.05, 3.63) is 35.4 Å². The van der Waals surface area contributed by atoms with Crippen LogP contribution in [0.25, 0.3) is 0 Å². The zero-order valence-corrected chi connectivity index (χ0v) is 12.8. The average Bonchev–Trinajstić information content (AvgIpc) is 2.50. The minimum Gasteiger partial charge on any atom is -0.481 e. The van der Waals surface area contributed by atoms with Crippen LogP contribution in [-0.4, -0.2) is 48.8 Å². The van der Waals surface area contributed by atoms with Gasteiger partial charge >= 0.3 is 5.97 Å². The minimum absolute atomic E-state index is 0.322. The standard InChI is InChI=1S/C17H25NO3/c1-14(17(19)20)13-16-6-4-15(5-7-16)3-2-8-18-9-11-21-12-10-18/h4-7,14H,2-3,8-13H2,1H3,(H,19,20)/t14-/m1/s1. The highest BCUT2D eigenvalue weighted by molar-refractivity contribution is 5.69. The van der Waals surface area contributed by atoms with Crippen LogP contribution in [0, 0.1) is 5.92 Å². The summed E-state index contributed by atoms with van der Waals surface area (Å²) in [5.41, 5.74) is 2.43. The van der Waals surface area contributed by atoms with E-state index in [4.69, 9.17) is 9.84 Å². The maximum Gasteiger partial charge on any atom is 0.306 e. The van der Waals surface area contributed by atoms with Gasteiger partial charge in [-0.15, -0.1) is 0 Å². The maximum absolute atomic E-state index is 10.8. The van der Waals surface area contributed by atoms with E-state index in [-0.39, 0.29) is 5.92 Å². The van der Waals surface area contributed by atoms with Crippen LogP contribution in [0.4, 0.5) is 0 Å². The lowest BCUT2D eigenvalue weighted by Crippen LogP contribution is -2.36. The molecule has 4 heteroatoms. The molecule has 1 atom stereocenters. The molecule has 1 heterocycles. The van der Waals surface area contributed by atoms with Gasteiger partial charge in [0.2, 0.25) is 0 Å². The van der Waals surface area contributed by atoms with Crippen molar-refractivity contribution in [3.63, 3.8) is 0 Å². The molecule has 1 saturated heterocycles. The quantitative estimate of drug-likeness (QED) is 0.837. The first kappa shape index (κ1) is 16.0. The number of carboxylic acid groups (broad SMARTS) is 1. The number of carbonyl (C=O) groups is 1. The Morgan fingerprint density at radius 2 is 1.86 bits per heavy atom. The van der Waals surface area contributed by atoms with Crippen LogP contribution in [0.3, 0.4) is 0 Å². The van der Waals surface area contributed by atoms with Gasteiger partial charge in [-0.1, -0.05) is 31.2 Å². The first-order chi connectivity index (χ1) is 10.1. The molecule has 0 aliphatic carbocycles. The van der Waals surface area contributed by atoms with E-state index in [1.165, 1.54) is 5.56 Å². The molecule has 0 saturated carbocycles. The normalized spacial score (nSPS) is 17.6. The number of carboxylic acids is 1. The number of aryl methyl sites for hydroxylation is 1. The second kappa shape index (κ2) is 8.15. The van der Waals surface area contributed by atoms with Crippen molar-refractivity contribution in [1.29, 1.82) is 0 Å². The van der Waals surface area contributed by atoms with Gasteiger partial charge in [-0.25, -0.2) is 0 Å². The number of rotatable bonds is 7. The van der Waals surface area contributed by atoms with E-state index in [0.717, 1.165) is 51.3 Å². The third-order valence-electron chi connectivity index (χ3n) is 4.03. The van der Waals surface area contributed by atoms with Crippen molar-refractivity contribution in [2.24, 2.45) is 5.92 Å². The Balaban J connectivity index is 1.73. The number of aliphatic carboxylic acids is 1. The summed E-state index contributed by atoms with van der Waals surface area (Å²) in [6.45, 7) is 6.69.